The summed E-state index contributed by atoms with van der Waals surface area (Å²) in [6, 6.07) is 10.5. The van der Waals surface area contributed by atoms with Gasteiger partial charge in [-0.1, -0.05) is 49.9 Å². The normalized spacial score (nSPS) is 18.2. The maximum absolute atomic E-state index is 4.58. The Balaban J connectivity index is 1.58. The standard InChI is InChI=1S/C17H21N3S/c1-12(2)15-11-20-17(21-15)19-10-8-14-6-3-5-13-7-4-9-18-16(13)14/h3-7,9,12,15H,8,10-11H2,1-2H3,(H,19,20). The van der Waals surface area contributed by atoms with Crippen LogP contribution in [0.1, 0.15) is 19.4 Å². The molecule has 110 valence electrons. The van der Waals surface area contributed by atoms with Crippen molar-refractivity contribution in [2.24, 2.45) is 10.9 Å². The summed E-state index contributed by atoms with van der Waals surface area (Å²) in [6.45, 7) is 6.38. The van der Waals surface area contributed by atoms with E-state index in [1.807, 2.05) is 24.0 Å². The zero-order valence-electron chi connectivity index (χ0n) is 12.5. The van der Waals surface area contributed by atoms with Gasteiger partial charge in [0.05, 0.1) is 12.1 Å². The molecule has 0 fully saturated rings. The van der Waals surface area contributed by atoms with E-state index in [4.69, 9.17) is 0 Å². The summed E-state index contributed by atoms with van der Waals surface area (Å²) in [6.07, 6.45) is 2.84. The first-order valence-electron chi connectivity index (χ1n) is 7.51. The fourth-order valence-corrected chi connectivity index (χ4v) is 3.55. The number of benzene rings is 1. The van der Waals surface area contributed by atoms with Gasteiger partial charge >= 0.3 is 0 Å². The van der Waals surface area contributed by atoms with Crippen molar-refractivity contribution in [1.29, 1.82) is 0 Å². The van der Waals surface area contributed by atoms with E-state index < -0.39 is 0 Å². The van der Waals surface area contributed by atoms with Gasteiger partial charge in [0.1, 0.15) is 0 Å². The van der Waals surface area contributed by atoms with Crippen LogP contribution < -0.4 is 5.32 Å². The van der Waals surface area contributed by atoms with E-state index in [0.717, 1.165) is 30.2 Å². The first kappa shape index (κ1) is 14.4. The lowest BCUT2D eigenvalue weighted by Crippen LogP contribution is -2.23. The van der Waals surface area contributed by atoms with Crippen LogP contribution in [0, 0.1) is 5.92 Å². The number of aliphatic imine (C=N–C) groups is 1. The number of para-hydroxylation sites is 1. The van der Waals surface area contributed by atoms with E-state index in [-0.39, 0.29) is 0 Å². The molecule has 1 aliphatic rings. The Morgan fingerprint density at radius 2 is 2.14 bits per heavy atom. The molecule has 1 aromatic carbocycles. The minimum atomic E-state index is 0.631. The first-order valence-corrected chi connectivity index (χ1v) is 8.39. The summed E-state index contributed by atoms with van der Waals surface area (Å²) in [5, 5.41) is 6.41. The zero-order valence-corrected chi connectivity index (χ0v) is 13.4. The fourth-order valence-electron chi connectivity index (χ4n) is 2.51. The maximum Gasteiger partial charge on any atom is 0.156 e. The van der Waals surface area contributed by atoms with E-state index in [1.165, 1.54) is 10.9 Å². The number of fused-ring (bicyclic) bond motifs is 1. The largest absolute Gasteiger partial charge is 0.365 e. The molecule has 2 aromatic rings. The van der Waals surface area contributed by atoms with Crippen LogP contribution in [0.5, 0.6) is 0 Å². The molecule has 0 radical (unpaired) electrons. The van der Waals surface area contributed by atoms with Gasteiger partial charge in [-0.05, 0) is 24.0 Å². The Morgan fingerprint density at radius 1 is 1.29 bits per heavy atom. The molecule has 0 aliphatic carbocycles. The highest BCUT2D eigenvalue weighted by Crippen LogP contribution is 2.25. The second-order valence-corrected chi connectivity index (χ2v) is 6.94. The van der Waals surface area contributed by atoms with Crippen molar-refractivity contribution in [3.63, 3.8) is 0 Å². The van der Waals surface area contributed by atoms with Gasteiger partial charge in [0.25, 0.3) is 0 Å². The Labute approximate surface area is 130 Å². The molecule has 1 N–H and O–H groups in total. The van der Waals surface area contributed by atoms with Gasteiger partial charge in [0.15, 0.2) is 5.17 Å². The summed E-state index contributed by atoms with van der Waals surface area (Å²) in [4.78, 5) is 9.09. The molecule has 3 rings (SSSR count). The van der Waals surface area contributed by atoms with E-state index in [9.17, 15) is 0 Å². The highest BCUT2D eigenvalue weighted by atomic mass is 32.2. The highest BCUT2D eigenvalue weighted by Gasteiger charge is 2.21. The quantitative estimate of drug-likeness (QED) is 0.939. The van der Waals surface area contributed by atoms with E-state index in [0.29, 0.717) is 11.2 Å². The molecule has 4 heteroatoms. The SMILES string of the molecule is CC(C)C1CN=C(NCCc2cccc3cccnc23)S1. The average molecular weight is 299 g/mol. The Kier molecular flexibility index (Phi) is 4.44. The lowest BCUT2D eigenvalue weighted by Gasteiger charge is -2.12. The summed E-state index contributed by atoms with van der Waals surface area (Å²) < 4.78 is 0. The van der Waals surface area contributed by atoms with E-state index >= 15 is 0 Å². The summed E-state index contributed by atoms with van der Waals surface area (Å²) in [7, 11) is 0. The predicted molar refractivity (Wildman–Crippen MR) is 92.0 cm³/mol. The van der Waals surface area contributed by atoms with Gasteiger partial charge in [-0.25, -0.2) is 0 Å². The molecule has 1 unspecified atom stereocenters. The number of aromatic nitrogens is 1. The molecular weight excluding hydrogens is 278 g/mol. The fraction of sp³-hybridized carbons (Fsp3) is 0.412. The molecule has 1 atom stereocenters. The van der Waals surface area contributed by atoms with Crippen LogP contribution in [0.4, 0.5) is 0 Å². The molecule has 0 saturated carbocycles. The van der Waals surface area contributed by atoms with E-state index in [2.05, 4.69) is 53.4 Å². The van der Waals surface area contributed by atoms with Crippen molar-refractivity contribution < 1.29 is 0 Å². The second kappa shape index (κ2) is 6.48. The summed E-state index contributed by atoms with van der Waals surface area (Å²) in [5.74, 6) is 0.681. The molecule has 2 heterocycles. The molecule has 1 aliphatic heterocycles. The van der Waals surface area contributed by atoms with Gasteiger partial charge < -0.3 is 5.32 Å². The monoisotopic (exact) mass is 299 g/mol. The third kappa shape index (κ3) is 3.38. The molecule has 0 amide bonds. The topological polar surface area (TPSA) is 37.3 Å². The maximum atomic E-state index is 4.58. The molecule has 0 spiro atoms. The van der Waals surface area contributed by atoms with E-state index in [1.54, 1.807) is 0 Å². The molecule has 0 bridgehead atoms. The number of nitrogens with zero attached hydrogens (tertiary/aromatic N) is 2. The van der Waals surface area contributed by atoms with Gasteiger partial charge in [-0.2, -0.15) is 0 Å². The number of hydrogen-bond donors (Lipinski definition) is 1. The van der Waals surface area contributed by atoms with Crippen LogP contribution in [0.25, 0.3) is 10.9 Å². The molecule has 3 nitrogen and oxygen atoms in total. The Bertz CT molecular complexity index is 646. The van der Waals surface area contributed by atoms with Gasteiger partial charge in [-0.15, -0.1) is 0 Å². The van der Waals surface area contributed by atoms with Crippen LogP contribution in [0.3, 0.4) is 0 Å². The number of thioether (sulfide) groups is 1. The number of hydrogen-bond acceptors (Lipinski definition) is 4. The predicted octanol–water partition coefficient (Wildman–Crippen LogP) is 3.49. The zero-order chi connectivity index (χ0) is 14.7. The highest BCUT2D eigenvalue weighted by molar-refractivity contribution is 8.14. The minimum absolute atomic E-state index is 0.631. The Hall–Kier alpha value is -1.55. The van der Waals surface area contributed by atoms with Crippen LogP contribution in [0.2, 0.25) is 0 Å². The molecular formula is C17H21N3S. The smallest absolute Gasteiger partial charge is 0.156 e. The van der Waals surface area contributed by atoms with Gasteiger partial charge in [0, 0.05) is 23.4 Å². The molecule has 21 heavy (non-hydrogen) atoms. The van der Waals surface area contributed by atoms with Crippen LogP contribution in [-0.2, 0) is 6.42 Å². The number of pyridine rings is 1. The van der Waals surface area contributed by atoms with Crippen molar-refractivity contribution in [1.82, 2.24) is 10.3 Å². The third-order valence-electron chi connectivity index (χ3n) is 3.81. The number of nitrogens with one attached hydrogen (secondary N) is 1. The number of rotatable bonds is 4. The van der Waals surface area contributed by atoms with Crippen molar-refractivity contribution in [3.05, 3.63) is 42.1 Å². The lowest BCUT2D eigenvalue weighted by molar-refractivity contribution is 0.621. The van der Waals surface area contributed by atoms with Crippen molar-refractivity contribution in [2.45, 2.75) is 25.5 Å². The second-order valence-electron chi connectivity index (χ2n) is 5.72. The minimum Gasteiger partial charge on any atom is -0.365 e. The molecule has 0 saturated heterocycles. The van der Waals surface area contributed by atoms with Crippen molar-refractivity contribution in [3.8, 4) is 0 Å². The van der Waals surface area contributed by atoms with Crippen molar-refractivity contribution in [2.75, 3.05) is 13.1 Å². The number of amidine groups is 1. The van der Waals surface area contributed by atoms with Gasteiger partial charge in [-0.3, -0.25) is 9.98 Å². The summed E-state index contributed by atoms with van der Waals surface area (Å²) >= 11 is 1.88. The summed E-state index contributed by atoms with van der Waals surface area (Å²) in [5.41, 5.74) is 2.41. The van der Waals surface area contributed by atoms with Crippen molar-refractivity contribution >= 4 is 27.8 Å². The molecule has 1 aromatic heterocycles. The van der Waals surface area contributed by atoms with Crippen LogP contribution >= 0.6 is 11.8 Å². The Morgan fingerprint density at radius 3 is 2.95 bits per heavy atom. The van der Waals surface area contributed by atoms with Crippen LogP contribution in [0.15, 0.2) is 41.5 Å². The lowest BCUT2D eigenvalue weighted by atomic mass is 10.1. The first-order chi connectivity index (χ1) is 10.2. The average Bonchev–Trinajstić information content (AvgIpc) is 2.97. The van der Waals surface area contributed by atoms with Gasteiger partial charge in [0.2, 0.25) is 0 Å². The third-order valence-corrected chi connectivity index (χ3v) is 5.30. The van der Waals surface area contributed by atoms with Crippen LogP contribution in [-0.4, -0.2) is 28.5 Å².